The molecule has 10 heteroatoms. The molecule has 0 aromatic heterocycles. The van der Waals surface area contributed by atoms with E-state index in [-0.39, 0.29) is 16.9 Å². The van der Waals surface area contributed by atoms with E-state index in [0.29, 0.717) is 5.56 Å². The summed E-state index contributed by atoms with van der Waals surface area (Å²) in [5.41, 5.74) is 3.41. The first-order chi connectivity index (χ1) is 16.0. The quantitative estimate of drug-likeness (QED) is 0.394. The number of phenols is 1. The zero-order valence-corrected chi connectivity index (χ0v) is 19.6. The second-order valence-electron chi connectivity index (χ2n) is 9.29. The van der Waals surface area contributed by atoms with Gasteiger partial charge in [0, 0.05) is 24.5 Å². The summed E-state index contributed by atoms with van der Waals surface area (Å²) in [4.78, 5) is 41.3. The standard InChI is InChI=1S/C24H29N3O7/c1-9-10-7-6-8-11(28)13(10)18(29)14-12(9)20(34-5)16-17(27(3)4)19(30)15(23(25)33)22(32)24(16,26-2)21(14)31/h6-9,12,16-17,20,26,28,30-31H,1-5H3,(H2,25,33)/t9-,12+,16+,17-,20-,24-/m0/s1. The molecule has 10 nitrogen and oxygen atoms in total. The molecular formula is C24H29N3O7. The number of ketones is 2. The van der Waals surface area contributed by atoms with Crippen molar-refractivity contribution in [2.75, 3.05) is 28.3 Å². The highest BCUT2D eigenvalue weighted by Crippen LogP contribution is 2.56. The van der Waals surface area contributed by atoms with Gasteiger partial charge in [0.05, 0.1) is 17.7 Å². The number of amides is 1. The number of rotatable bonds is 4. The molecule has 4 rings (SSSR count). The molecule has 182 valence electrons. The number of phenolic OH excluding ortho intramolecular Hbond substituents is 1. The summed E-state index contributed by atoms with van der Waals surface area (Å²) in [6.07, 6.45) is -0.847. The number of aromatic hydroxyl groups is 1. The van der Waals surface area contributed by atoms with Gasteiger partial charge in [-0.1, -0.05) is 19.1 Å². The van der Waals surface area contributed by atoms with Crippen molar-refractivity contribution in [3.8, 4) is 5.75 Å². The number of aliphatic hydroxyl groups is 2. The fraction of sp³-hybridized carbons (Fsp3) is 0.458. The summed E-state index contributed by atoms with van der Waals surface area (Å²) in [6, 6.07) is 3.80. The SMILES string of the molecule is CN[C@@]12C(=O)C(C(N)=O)=C(O)[C@@H](N(C)C)[C@@H]1[C@@H](OC)[C@H]1C(=C2O)C(=O)c2c(O)cccc2[C@@H]1C. The zero-order chi connectivity index (χ0) is 25.3. The summed E-state index contributed by atoms with van der Waals surface area (Å²) in [5, 5.41) is 36.0. The molecule has 3 aliphatic rings. The fourth-order valence-corrected chi connectivity index (χ4v) is 6.27. The Balaban J connectivity index is 2.12. The number of nitrogens with two attached hydrogens (primary N) is 1. The molecule has 0 heterocycles. The predicted molar refractivity (Wildman–Crippen MR) is 121 cm³/mol. The lowest BCUT2D eigenvalue weighted by atomic mass is 9.54. The number of fused-ring (bicyclic) bond motifs is 3. The molecular weight excluding hydrogens is 442 g/mol. The van der Waals surface area contributed by atoms with Gasteiger partial charge in [-0.05, 0) is 38.7 Å². The molecule has 6 N–H and O–H groups in total. The highest BCUT2D eigenvalue weighted by molar-refractivity contribution is 6.25. The van der Waals surface area contributed by atoms with Gasteiger partial charge in [-0.2, -0.15) is 0 Å². The van der Waals surface area contributed by atoms with E-state index in [4.69, 9.17) is 10.5 Å². The maximum Gasteiger partial charge on any atom is 0.255 e. The Bertz CT molecular complexity index is 1170. The van der Waals surface area contributed by atoms with Crippen LogP contribution in [0.4, 0.5) is 0 Å². The maximum absolute atomic E-state index is 13.8. The molecule has 34 heavy (non-hydrogen) atoms. The van der Waals surface area contributed by atoms with Crippen LogP contribution in [0.15, 0.2) is 40.9 Å². The number of likely N-dealkylation sites (N-methyl/N-ethyl adjacent to an activating group) is 2. The lowest BCUT2D eigenvalue weighted by molar-refractivity contribution is -0.138. The topological polar surface area (TPSA) is 162 Å². The first-order valence-corrected chi connectivity index (χ1v) is 10.9. The van der Waals surface area contributed by atoms with E-state index in [1.54, 1.807) is 31.1 Å². The highest BCUT2D eigenvalue weighted by Gasteiger charge is 2.67. The summed E-state index contributed by atoms with van der Waals surface area (Å²) in [7, 11) is 6.16. The first kappa shape index (κ1) is 23.9. The molecule has 0 aliphatic heterocycles. The van der Waals surface area contributed by atoms with Crippen LogP contribution in [0.3, 0.4) is 0 Å². The number of methoxy groups -OCH3 is 1. The van der Waals surface area contributed by atoms with Crippen LogP contribution in [0, 0.1) is 11.8 Å². The van der Waals surface area contributed by atoms with E-state index in [1.807, 2.05) is 6.92 Å². The van der Waals surface area contributed by atoms with Crippen molar-refractivity contribution in [1.82, 2.24) is 10.2 Å². The van der Waals surface area contributed by atoms with Gasteiger partial charge in [0.1, 0.15) is 28.4 Å². The van der Waals surface area contributed by atoms with Crippen molar-refractivity contribution in [2.24, 2.45) is 17.6 Å². The number of carbonyl (C=O) groups is 3. The van der Waals surface area contributed by atoms with Crippen molar-refractivity contribution in [3.63, 3.8) is 0 Å². The average molecular weight is 472 g/mol. The minimum absolute atomic E-state index is 0.0493. The number of nitrogens with zero attached hydrogens (tertiary/aromatic N) is 1. The number of Topliss-reactive ketones (excluding diaryl/α,β-unsaturated/α-hetero) is 2. The lowest BCUT2D eigenvalue weighted by Crippen LogP contribution is -2.73. The van der Waals surface area contributed by atoms with E-state index < -0.39 is 70.0 Å². The third kappa shape index (κ3) is 2.76. The normalized spacial score (nSPS) is 33.1. The summed E-state index contributed by atoms with van der Waals surface area (Å²) in [5.74, 6) is -6.06. The van der Waals surface area contributed by atoms with E-state index in [0.717, 1.165) is 0 Å². The van der Waals surface area contributed by atoms with Crippen LogP contribution in [-0.4, -0.2) is 83.6 Å². The van der Waals surface area contributed by atoms with Crippen LogP contribution >= 0.6 is 0 Å². The number of ether oxygens (including phenoxy) is 1. The predicted octanol–water partition coefficient (Wildman–Crippen LogP) is 0.534. The minimum Gasteiger partial charge on any atom is -0.510 e. The van der Waals surface area contributed by atoms with Crippen LogP contribution in [0.1, 0.15) is 28.8 Å². The van der Waals surface area contributed by atoms with Crippen LogP contribution < -0.4 is 11.1 Å². The lowest BCUT2D eigenvalue weighted by Gasteiger charge is -2.56. The molecule has 0 saturated carbocycles. The number of hydrogen-bond acceptors (Lipinski definition) is 9. The van der Waals surface area contributed by atoms with Gasteiger partial charge >= 0.3 is 0 Å². The van der Waals surface area contributed by atoms with Gasteiger partial charge in [-0.3, -0.25) is 19.3 Å². The third-order valence-corrected chi connectivity index (χ3v) is 7.68. The van der Waals surface area contributed by atoms with E-state index in [9.17, 15) is 29.7 Å². The Morgan fingerprint density at radius 1 is 1.21 bits per heavy atom. The van der Waals surface area contributed by atoms with Crippen LogP contribution in [-0.2, 0) is 14.3 Å². The summed E-state index contributed by atoms with van der Waals surface area (Å²) < 4.78 is 5.91. The molecule has 0 spiro atoms. The second-order valence-corrected chi connectivity index (χ2v) is 9.29. The molecule has 0 fully saturated rings. The average Bonchev–Trinajstić information content (AvgIpc) is 2.76. The summed E-state index contributed by atoms with van der Waals surface area (Å²) >= 11 is 0. The number of carbonyl (C=O) groups excluding carboxylic acids is 3. The molecule has 6 atom stereocenters. The Morgan fingerprint density at radius 3 is 2.38 bits per heavy atom. The smallest absolute Gasteiger partial charge is 0.255 e. The van der Waals surface area contributed by atoms with Crippen molar-refractivity contribution >= 4 is 17.5 Å². The van der Waals surface area contributed by atoms with Gasteiger partial charge in [0.2, 0.25) is 0 Å². The Labute approximate surface area is 196 Å². The third-order valence-electron chi connectivity index (χ3n) is 7.68. The van der Waals surface area contributed by atoms with Gasteiger partial charge in [0.25, 0.3) is 5.91 Å². The number of benzene rings is 1. The Hall–Kier alpha value is -3.21. The molecule has 1 amide bonds. The Morgan fingerprint density at radius 2 is 1.85 bits per heavy atom. The largest absolute Gasteiger partial charge is 0.510 e. The molecule has 0 saturated heterocycles. The summed E-state index contributed by atoms with van der Waals surface area (Å²) in [6.45, 7) is 1.85. The number of aliphatic hydroxyl groups excluding tert-OH is 2. The van der Waals surface area contributed by atoms with Gasteiger partial charge in [0.15, 0.2) is 11.6 Å². The second kappa shape index (κ2) is 7.93. The molecule has 1 aromatic carbocycles. The highest BCUT2D eigenvalue weighted by atomic mass is 16.5. The molecule has 1 aromatic rings. The molecule has 0 unspecified atom stereocenters. The molecule has 0 bridgehead atoms. The van der Waals surface area contributed by atoms with E-state index in [1.165, 1.54) is 20.2 Å². The van der Waals surface area contributed by atoms with Crippen LogP contribution in [0.5, 0.6) is 5.75 Å². The van der Waals surface area contributed by atoms with Crippen molar-refractivity contribution < 1.29 is 34.4 Å². The monoisotopic (exact) mass is 471 g/mol. The van der Waals surface area contributed by atoms with Crippen molar-refractivity contribution in [3.05, 3.63) is 52.0 Å². The minimum atomic E-state index is -1.98. The molecule has 3 aliphatic carbocycles. The fourth-order valence-electron chi connectivity index (χ4n) is 6.27. The maximum atomic E-state index is 13.8. The number of nitrogens with one attached hydrogen (secondary N) is 1. The van der Waals surface area contributed by atoms with Crippen molar-refractivity contribution in [2.45, 2.75) is 30.5 Å². The van der Waals surface area contributed by atoms with Gasteiger partial charge in [-0.25, -0.2) is 0 Å². The van der Waals surface area contributed by atoms with Crippen LogP contribution in [0.25, 0.3) is 0 Å². The van der Waals surface area contributed by atoms with Crippen LogP contribution in [0.2, 0.25) is 0 Å². The number of hydrogen-bond donors (Lipinski definition) is 5. The van der Waals surface area contributed by atoms with Gasteiger partial charge < -0.3 is 31.1 Å². The van der Waals surface area contributed by atoms with Gasteiger partial charge in [-0.15, -0.1) is 0 Å². The Kier molecular flexibility index (Phi) is 5.58. The first-order valence-electron chi connectivity index (χ1n) is 10.9. The van der Waals surface area contributed by atoms with E-state index >= 15 is 0 Å². The number of primary amides is 1. The zero-order valence-electron chi connectivity index (χ0n) is 19.6. The van der Waals surface area contributed by atoms with E-state index in [2.05, 4.69) is 5.32 Å². The molecule has 0 radical (unpaired) electrons. The van der Waals surface area contributed by atoms with Crippen molar-refractivity contribution in [1.29, 1.82) is 0 Å².